The number of rotatable bonds is 5. The average Bonchev–Trinajstić information content (AvgIpc) is 3.21. The molecule has 28 heavy (non-hydrogen) atoms. The molecule has 1 heterocycles. The summed E-state index contributed by atoms with van der Waals surface area (Å²) in [5.74, 6) is -0.582. The van der Waals surface area contributed by atoms with E-state index in [1.54, 1.807) is 31.2 Å². The predicted octanol–water partition coefficient (Wildman–Crippen LogP) is 5.46. The Kier molecular flexibility index (Phi) is 6.46. The van der Waals surface area contributed by atoms with Crippen molar-refractivity contribution in [2.75, 3.05) is 5.32 Å². The highest BCUT2D eigenvalue weighted by atomic mass is 35.5. The summed E-state index contributed by atoms with van der Waals surface area (Å²) in [7, 11) is 0. The molecule has 0 bridgehead atoms. The Bertz CT molecular complexity index is 1030. The molecule has 3 rings (SSSR count). The number of halogens is 2. The van der Waals surface area contributed by atoms with Gasteiger partial charge in [0.1, 0.15) is 0 Å². The van der Waals surface area contributed by atoms with Crippen LogP contribution in [0.1, 0.15) is 32.5 Å². The van der Waals surface area contributed by atoms with Crippen LogP contribution in [-0.4, -0.2) is 17.5 Å². The van der Waals surface area contributed by atoms with Gasteiger partial charge in [0.15, 0.2) is 0 Å². The molecule has 0 aliphatic carbocycles. The number of nitrogens with zero attached hydrogens (tertiary/aromatic N) is 1. The number of carbonyl (C=O) groups excluding carboxylic acids is 2. The Labute approximate surface area is 176 Å². The molecular formula is C20H15Cl2N3O2S. The lowest BCUT2D eigenvalue weighted by molar-refractivity contribution is 0.0954. The lowest BCUT2D eigenvalue weighted by atomic mass is 10.1. The summed E-state index contributed by atoms with van der Waals surface area (Å²) in [6.45, 7) is 1.77. The van der Waals surface area contributed by atoms with Gasteiger partial charge in [-0.05, 0) is 54.3 Å². The SMILES string of the molecule is C/C(=N\NC(=O)c1ccc(Cl)cc1Cl)c1ccc(NC(=O)c2cccs2)cc1. The standard InChI is InChI=1S/C20H15Cl2N3O2S/c1-12(24-25-19(26)16-9-6-14(21)11-17(16)22)13-4-7-15(8-5-13)23-20(27)18-3-2-10-28-18/h2-11H,1H3,(H,23,27)(H,25,26)/b24-12+. The number of carbonyl (C=O) groups is 2. The first-order chi connectivity index (χ1) is 13.4. The van der Waals surface area contributed by atoms with Crippen LogP contribution >= 0.6 is 34.5 Å². The topological polar surface area (TPSA) is 70.6 Å². The van der Waals surface area contributed by atoms with E-state index in [0.717, 1.165) is 5.56 Å². The zero-order valence-corrected chi connectivity index (χ0v) is 17.0. The number of thiophene rings is 1. The van der Waals surface area contributed by atoms with E-state index in [9.17, 15) is 9.59 Å². The fourth-order valence-electron chi connectivity index (χ4n) is 2.33. The zero-order chi connectivity index (χ0) is 20.1. The third kappa shape index (κ3) is 4.98. The van der Waals surface area contributed by atoms with Crippen LogP contribution in [0.4, 0.5) is 5.69 Å². The molecule has 0 radical (unpaired) electrons. The van der Waals surface area contributed by atoms with E-state index in [1.807, 2.05) is 23.6 Å². The van der Waals surface area contributed by atoms with Crippen molar-refractivity contribution in [3.05, 3.63) is 86.0 Å². The summed E-state index contributed by atoms with van der Waals surface area (Å²) in [5.41, 5.74) is 4.84. The van der Waals surface area contributed by atoms with E-state index in [2.05, 4.69) is 15.8 Å². The maximum atomic E-state index is 12.2. The van der Waals surface area contributed by atoms with Gasteiger partial charge in [0.25, 0.3) is 11.8 Å². The molecule has 8 heteroatoms. The van der Waals surface area contributed by atoms with E-state index in [4.69, 9.17) is 23.2 Å². The van der Waals surface area contributed by atoms with Gasteiger partial charge >= 0.3 is 0 Å². The molecule has 0 aliphatic heterocycles. The van der Waals surface area contributed by atoms with Crippen molar-refractivity contribution >= 4 is 57.8 Å². The van der Waals surface area contributed by atoms with Crippen molar-refractivity contribution in [2.45, 2.75) is 6.92 Å². The molecule has 0 unspecified atom stereocenters. The first-order valence-corrected chi connectivity index (χ1v) is 9.82. The van der Waals surface area contributed by atoms with Crippen LogP contribution in [-0.2, 0) is 0 Å². The number of benzene rings is 2. The van der Waals surface area contributed by atoms with Crippen molar-refractivity contribution < 1.29 is 9.59 Å². The first kappa shape index (κ1) is 20.1. The van der Waals surface area contributed by atoms with Gasteiger partial charge in [-0.25, -0.2) is 5.43 Å². The Morgan fingerprint density at radius 3 is 2.39 bits per heavy atom. The molecule has 2 amide bonds. The third-order valence-electron chi connectivity index (χ3n) is 3.81. The van der Waals surface area contributed by atoms with Gasteiger partial charge in [0.05, 0.1) is 21.2 Å². The molecule has 0 atom stereocenters. The number of hydrogen-bond acceptors (Lipinski definition) is 4. The summed E-state index contributed by atoms with van der Waals surface area (Å²) in [5, 5.41) is 9.49. The van der Waals surface area contributed by atoms with Crippen LogP contribution in [0.5, 0.6) is 0 Å². The smallest absolute Gasteiger partial charge is 0.272 e. The van der Waals surface area contributed by atoms with E-state index < -0.39 is 5.91 Å². The van der Waals surface area contributed by atoms with Gasteiger partial charge in [-0.3, -0.25) is 9.59 Å². The zero-order valence-electron chi connectivity index (χ0n) is 14.7. The van der Waals surface area contributed by atoms with Crippen molar-refractivity contribution in [1.82, 2.24) is 5.43 Å². The highest BCUT2D eigenvalue weighted by molar-refractivity contribution is 7.12. The summed E-state index contributed by atoms with van der Waals surface area (Å²) in [4.78, 5) is 24.9. The normalized spacial score (nSPS) is 11.2. The highest BCUT2D eigenvalue weighted by Gasteiger charge is 2.11. The quantitative estimate of drug-likeness (QED) is 0.415. The van der Waals surface area contributed by atoms with Crippen molar-refractivity contribution in [1.29, 1.82) is 0 Å². The molecule has 5 nitrogen and oxygen atoms in total. The highest BCUT2D eigenvalue weighted by Crippen LogP contribution is 2.21. The van der Waals surface area contributed by atoms with E-state index in [-0.39, 0.29) is 16.5 Å². The van der Waals surface area contributed by atoms with Crippen LogP contribution in [0.2, 0.25) is 10.0 Å². The largest absolute Gasteiger partial charge is 0.321 e. The van der Waals surface area contributed by atoms with Gasteiger partial charge in [-0.2, -0.15) is 5.10 Å². The maximum Gasteiger partial charge on any atom is 0.272 e. The minimum Gasteiger partial charge on any atom is -0.321 e. The second-order valence-electron chi connectivity index (χ2n) is 5.77. The second kappa shape index (κ2) is 9.01. The number of anilines is 1. The molecule has 0 saturated carbocycles. The third-order valence-corrected chi connectivity index (χ3v) is 5.22. The fraction of sp³-hybridized carbons (Fsp3) is 0.0500. The number of amides is 2. The molecule has 0 spiro atoms. The Hall–Kier alpha value is -2.67. The molecule has 142 valence electrons. The molecule has 2 N–H and O–H groups in total. The molecule has 3 aromatic rings. The summed E-state index contributed by atoms with van der Waals surface area (Å²) < 4.78 is 0. The maximum absolute atomic E-state index is 12.2. The predicted molar refractivity (Wildman–Crippen MR) is 115 cm³/mol. The molecule has 0 fully saturated rings. The fourth-order valence-corrected chi connectivity index (χ4v) is 3.44. The van der Waals surface area contributed by atoms with Crippen LogP contribution < -0.4 is 10.7 Å². The summed E-state index contributed by atoms with van der Waals surface area (Å²) >= 11 is 13.2. The molecule has 1 aromatic heterocycles. The van der Waals surface area contributed by atoms with Gasteiger partial charge < -0.3 is 5.32 Å². The van der Waals surface area contributed by atoms with Crippen molar-refractivity contribution in [3.63, 3.8) is 0 Å². The minimum absolute atomic E-state index is 0.153. The van der Waals surface area contributed by atoms with Crippen LogP contribution in [0.3, 0.4) is 0 Å². The van der Waals surface area contributed by atoms with Gasteiger partial charge in [-0.1, -0.05) is 41.4 Å². The number of nitrogens with one attached hydrogen (secondary N) is 2. The second-order valence-corrected chi connectivity index (χ2v) is 7.56. The summed E-state index contributed by atoms with van der Waals surface area (Å²) in [6, 6.07) is 15.4. The first-order valence-electron chi connectivity index (χ1n) is 8.19. The molecular weight excluding hydrogens is 417 g/mol. The number of hydrazone groups is 1. The monoisotopic (exact) mass is 431 g/mol. The minimum atomic E-state index is -0.430. The molecule has 0 saturated heterocycles. The molecule has 2 aromatic carbocycles. The Balaban J connectivity index is 1.64. The van der Waals surface area contributed by atoms with Crippen LogP contribution in [0.15, 0.2) is 65.1 Å². The number of hydrogen-bond donors (Lipinski definition) is 2. The van der Waals surface area contributed by atoms with Gasteiger partial charge in [-0.15, -0.1) is 11.3 Å². The Morgan fingerprint density at radius 2 is 1.75 bits per heavy atom. The van der Waals surface area contributed by atoms with Crippen molar-refractivity contribution in [2.24, 2.45) is 5.10 Å². The van der Waals surface area contributed by atoms with Crippen LogP contribution in [0.25, 0.3) is 0 Å². The van der Waals surface area contributed by atoms with Crippen LogP contribution in [0, 0.1) is 0 Å². The van der Waals surface area contributed by atoms with E-state index in [0.29, 0.717) is 21.3 Å². The van der Waals surface area contributed by atoms with E-state index in [1.165, 1.54) is 23.5 Å². The van der Waals surface area contributed by atoms with Gasteiger partial charge in [0, 0.05) is 10.7 Å². The van der Waals surface area contributed by atoms with E-state index >= 15 is 0 Å². The lowest BCUT2D eigenvalue weighted by Crippen LogP contribution is -2.19. The average molecular weight is 432 g/mol. The Morgan fingerprint density at radius 1 is 1.00 bits per heavy atom. The molecule has 0 aliphatic rings. The summed E-state index contributed by atoms with van der Waals surface area (Å²) in [6.07, 6.45) is 0. The lowest BCUT2D eigenvalue weighted by Gasteiger charge is -2.07. The van der Waals surface area contributed by atoms with Gasteiger partial charge in [0.2, 0.25) is 0 Å². The van der Waals surface area contributed by atoms with Crippen molar-refractivity contribution in [3.8, 4) is 0 Å².